The van der Waals surface area contributed by atoms with Crippen LogP contribution in [0.5, 0.6) is 0 Å². The molecule has 0 saturated heterocycles. The third kappa shape index (κ3) is 3.29. The van der Waals surface area contributed by atoms with Crippen molar-refractivity contribution < 1.29 is 4.74 Å². The largest absolute Gasteiger partial charge is 0.380 e. The van der Waals surface area contributed by atoms with Gasteiger partial charge in [0.05, 0.1) is 6.61 Å². The van der Waals surface area contributed by atoms with E-state index in [1.54, 1.807) is 7.11 Å². The summed E-state index contributed by atoms with van der Waals surface area (Å²) in [5.41, 5.74) is 2.30. The Labute approximate surface area is 90.2 Å². The molecule has 0 saturated carbocycles. The van der Waals surface area contributed by atoms with Crippen molar-refractivity contribution >= 4 is 11.6 Å². The second-order valence-electron chi connectivity index (χ2n) is 3.21. The van der Waals surface area contributed by atoms with Crippen molar-refractivity contribution in [3.63, 3.8) is 0 Å². The van der Waals surface area contributed by atoms with Gasteiger partial charge in [-0.25, -0.2) is 0 Å². The molecule has 0 radical (unpaired) electrons. The molecular weight excluding hydrogens is 198 g/mol. The fourth-order valence-corrected chi connectivity index (χ4v) is 1.55. The lowest BCUT2D eigenvalue weighted by Gasteiger charge is -2.06. The lowest BCUT2D eigenvalue weighted by Crippen LogP contribution is -2.10. The molecule has 78 valence electrons. The van der Waals surface area contributed by atoms with Crippen molar-refractivity contribution in [3.05, 3.63) is 34.3 Å². The van der Waals surface area contributed by atoms with E-state index >= 15 is 0 Å². The number of rotatable bonds is 5. The number of halogens is 1. The highest BCUT2D eigenvalue weighted by Crippen LogP contribution is 2.18. The van der Waals surface area contributed by atoms with Gasteiger partial charge in [-0.15, -0.1) is 0 Å². The minimum atomic E-state index is 0.575. The molecule has 0 aromatic heterocycles. The highest BCUT2D eigenvalue weighted by Gasteiger charge is 2.01. The van der Waals surface area contributed by atoms with Crippen molar-refractivity contribution in [2.45, 2.75) is 13.0 Å². The molecule has 2 nitrogen and oxygen atoms in total. The van der Waals surface area contributed by atoms with Gasteiger partial charge >= 0.3 is 0 Å². The fourth-order valence-electron chi connectivity index (χ4n) is 1.29. The predicted octanol–water partition coefficient (Wildman–Crippen LogP) is 2.25. The summed E-state index contributed by atoms with van der Waals surface area (Å²) in [5.74, 6) is 0. The summed E-state index contributed by atoms with van der Waals surface area (Å²) >= 11 is 6.09. The van der Waals surface area contributed by atoms with Gasteiger partial charge in [0, 0.05) is 12.1 Å². The maximum atomic E-state index is 6.09. The molecule has 1 rings (SSSR count). The molecule has 1 aromatic carbocycles. The van der Waals surface area contributed by atoms with Gasteiger partial charge in [-0.3, -0.25) is 0 Å². The van der Waals surface area contributed by atoms with Gasteiger partial charge in [0.1, 0.15) is 0 Å². The smallest absolute Gasteiger partial charge is 0.0727 e. The van der Waals surface area contributed by atoms with E-state index in [4.69, 9.17) is 16.3 Å². The molecule has 0 atom stereocenters. The summed E-state index contributed by atoms with van der Waals surface area (Å²) in [6, 6.07) is 6.13. The van der Waals surface area contributed by atoms with Crippen molar-refractivity contribution in [2.75, 3.05) is 20.7 Å². The van der Waals surface area contributed by atoms with Crippen LogP contribution in [0.25, 0.3) is 0 Å². The summed E-state index contributed by atoms with van der Waals surface area (Å²) in [6.45, 7) is 1.55. The highest BCUT2D eigenvalue weighted by atomic mass is 35.5. The van der Waals surface area contributed by atoms with E-state index < -0.39 is 0 Å². The van der Waals surface area contributed by atoms with Crippen LogP contribution in [0, 0.1) is 0 Å². The lowest BCUT2D eigenvalue weighted by atomic mass is 10.1. The maximum Gasteiger partial charge on any atom is 0.0727 e. The molecule has 0 heterocycles. The van der Waals surface area contributed by atoms with Crippen molar-refractivity contribution in [1.29, 1.82) is 0 Å². The van der Waals surface area contributed by atoms with Gasteiger partial charge in [0.2, 0.25) is 0 Å². The van der Waals surface area contributed by atoms with Gasteiger partial charge in [0.15, 0.2) is 0 Å². The number of benzene rings is 1. The van der Waals surface area contributed by atoms with Crippen molar-refractivity contribution in [2.24, 2.45) is 0 Å². The average Bonchev–Trinajstić information content (AvgIpc) is 2.19. The van der Waals surface area contributed by atoms with E-state index in [-0.39, 0.29) is 0 Å². The summed E-state index contributed by atoms with van der Waals surface area (Å²) in [7, 11) is 3.62. The number of hydrogen-bond acceptors (Lipinski definition) is 2. The number of likely N-dealkylation sites (N-methyl/N-ethyl adjacent to an activating group) is 1. The van der Waals surface area contributed by atoms with E-state index in [0.717, 1.165) is 23.6 Å². The highest BCUT2D eigenvalue weighted by molar-refractivity contribution is 6.31. The molecule has 0 bridgehead atoms. The topological polar surface area (TPSA) is 21.3 Å². The first-order chi connectivity index (χ1) is 6.77. The standard InChI is InChI=1S/C11H16ClNO/c1-13-6-5-9-3-4-10(8-14-2)11(12)7-9/h3-4,7,13H,5-6,8H2,1-2H3. The SMILES string of the molecule is CNCCc1ccc(COC)c(Cl)c1. The van der Waals surface area contributed by atoms with E-state index in [1.807, 2.05) is 19.2 Å². The quantitative estimate of drug-likeness (QED) is 0.810. The zero-order valence-corrected chi connectivity index (χ0v) is 9.40. The molecule has 14 heavy (non-hydrogen) atoms. The van der Waals surface area contributed by atoms with E-state index in [0.29, 0.717) is 6.61 Å². The van der Waals surface area contributed by atoms with E-state index in [1.165, 1.54) is 5.56 Å². The van der Waals surface area contributed by atoms with Crippen LogP contribution in [0.1, 0.15) is 11.1 Å². The molecule has 0 aliphatic rings. The summed E-state index contributed by atoms with van der Waals surface area (Å²) < 4.78 is 5.03. The Kier molecular flexibility index (Phi) is 4.94. The predicted molar refractivity (Wildman–Crippen MR) is 59.8 cm³/mol. The number of ether oxygens (including phenoxy) is 1. The van der Waals surface area contributed by atoms with Crippen LogP contribution in [-0.2, 0) is 17.8 Å². The van der Waals surface area contributed by atoms with Crippen LogP contribution in [0.3, 0.4) is 0 Å². The van der Waals surface area contributed by atoms with Crippen LogP contribution in [0.4, 0.5) is 0 Å². The van der Waals surface area contributed by atoms with Crippen LogP contribution >= 0.6 is 11.6 Å². The normalized spacial score (nSPS) is 10.5. The van der Waals surface area contributed by atoms with Gasteiger partial charge in [-0.2, -0.15) is 0 Å². The summed E-state index contributed by atoms with van der Waals surface area (Å²) in [6.07, 6.45) is 1.00. The Hall–Kier alpha value is -0.570. The van der Waals surface area contributed by atoms with Gasteiger partial charge in [0.25, 0.3) is 0 Å². The number of nitrogens with one attached hydrogen (secondary N) is 1. The molecule has 0 aliphatic heterocycles. The molecule has 0 spiro atoms. The summed E-state index contributed by atoms with van der Waals surface area (Å²) in [5, 5.41) is 3.90. The molecular formula is C11H16ClNO. The van der Waals surface area contributed by atoms with Gasteiger partial charge in [-0.1, -0.05) is 23.7 Å². The Bertz CT molecular complexity index is 289. The maximum absolute atomic E-state index is 6.09. The average molecular weight is 214 g/mol. The van der Waals surface area contributed by atoms with Crippen LogP contribution in [0.2, 0.25) is 5.02 Å². The molecule has 3 heteroatoms. The Morgan fingerprint density at radius 1 is 1.43 bits per heavy atom. The van der Waals surface area contributed by atoms with Crippen molar-refractivity contribution in [1.82, 2.24) is 5.32 Å². The van der Waals surface area contributed by atoms with E-state index in [9.17, 15) is 0 Å². The molecule has 1 aromatic rings. The molecule has 0 fully saturated rings. The molecule has 0 aliphatic carbocycles. The van der Waals surface area contributed by atoms with Crippen molar-refractivity contribution in [3.8, 4) is 0 Å². The Balaban J connectivity index is 2.68. The molecule has 1 N–H and O–H groups in total. The zero-order valence-electron chi connectivity index (χ0n) is 8.64. The van der Waals surface area contributed by atoms with Gasteiger partial charge in [-0.05, 0) is 37.2 Å². The summed E-state index contributed by atoms with van der Waals surface area (Å²) in [4.78, 5) is 0. The first kappa shape index (κ1) is 11.5. The third-order valence-corrected chi connectivity index (χ3v) is 2.43. The Morgan fingerprint density at radius 2 is 2.21 bits per heavy atom. The number of methoxy groups -OCH3 is 1. The Morgan fingerprint density at radius 3 is 2.79 bits per heavy atom. The first-order valence-corrected chi connectivity index (χ1v) is 5.06. The first-order valence-electron chi connectivity index (χ1n) is 4.68. The minimum absolute atomic E-state index is 0.575. The van der Waals surface area contributed by atoms with Gasteiger partial charge < -0.3 is 10.1 Å². The number of hydrogen-bond donors (Lipinski definition) is 1. The van der Waals surface area contributed by atoms with Crippen LogP contribution < -0.4 is 5.32 Å². The zero-order chi connectivity index (χ0) is 10.4. The molecule has 0 unspecified atom stereocenters. The van der Waals surface area contributed by atoms with E-state index in [2.05, 4.69) is 11.4 Å². The lowest BCUT2D eigenvalue weighted by molar-refractivity contribution is 0.185. The van der Waals surface area contributed by atoms with Crippen LogP contribution in [0.15, 0.2) is 18.2 Å². The fraction of sp³-hybridized carbons (Fsp3) is 0.455. The second kappa shape index (κ2) is 6.02. The monoisotopic (exact) mass is 213 g/mol. The second-order valence-corrected chi connectivity index (χ2v) is 3.62. The molecule has 0 amide bonds. The van der Waals surface area contributed by atoms with Crippen LogP contribution in [-0.4, -0.2) is 20.7 Å². The third-order valence-electron chi connectivity index (χ3n) is 2.08. The minimum Gasteiger partial charge on any atom is -0.380 e.